The number of aryl methyl sites for hydroxylation is 1. The zero-order valence-electron chi connectivity index (χ0n) is 10.3. The topological polar surface area (TPSA) is 26.3 Å². The van der Waals surface area contributed by atoms with Gasteiger partial charge in [-0.05, 0) is 44.5 Å². The molecule has 0 unspecified atom stereocenters. The molecule has 15 heavy (non-hydrogen) atoms. The lowest BCUT2D eigenvalue weighted by Gasteiger charge is -2.07. The molecule has 0 saturated carbocycles. The summed E-state index contributed by atoms with van der Waals surface area (Å²) in [4.78, 5) is 11.0. The van der Waals surface area contributed by atoms with Gasteiger partial charge in [0.1, 0.15) is 5.75 Å². The van der Waals surface area contributed by atoms with E-state index in [9.17, 15) is 4.79 Å². The fourth-order valence-electron chi connectivity index (χ4n) is 1.19. The summed E-state index contributed by atoms with van der Waals surface area (Å²) in [6.45, 7) is 10.1. The number of benzene rings is 1. The van der Waals surface area contributed by atoms with Gasteiger partial charge in [-0.25, -0.2) is 0 Å². The largest absolute Gasteiger partial charge is 0.494 e. The highest BCUT2D eigenvalue weighted by Crippen LogP contribution is 2.19. The summed E-state index contributed by atoms with van der Waals surface area (Å²) in [5.41, 5.74) is 1.75. The van der Waals surface area contributed by atoms with Crippen LogP contribution in [0.2, 0.25) is 0 Å². The van der Waals surface area contributed by atoms with E-state index in [2.05, 4.69) is 0 Å². The molecule has 0 amide bonds. The predicted molar refractivity (Wildman–Crippen MR) is 63.7 cm³/mol. The van der Waals surface area contributed by atoms with E-state index in [4.69, 9.17) is 4.74 Å². The molecule has 0 bridgehead atoms. The van der Waals surface area contributed by atoms with Crippen molar-refractivity contribution in [3.63, 3.8) is 0 Å². The van der Waals surface area contributed by atoms with E-state index < -0.39 is 0 Å². The molecule has 0 atom stereocenters. The SMILES string of the molecule is CC.CCOc1ccc(C(C)=O)cc1C. The molecule has 2 heteroatoms. The molecule has 1 aromatic carbocycles. The van der Waals surface area contributed by atoms with Gasteiger partial charge in [0.25, 0.3) is 0 Å². The predicted octanol–water partition coefficient (Wildman–Crippen LogP) is 3.62. The van der Waals surface area contributed by atoms with Gasteiger partial charge < -0.3 is 4.74 Å². The molecule has 0 heterocycles. The summed E-state index contributed by atoms with van der Waals surface area (Å²) in [6.07, 6.45) is 0. The minimum Gasteiger partial charge on any atom is -0.494 e. The van der Waals surface area contributed by atoms with Crippen LogP contribution in [-0.4, -0.2) is 12.4 Å². The third kappa shape index (κ3) is 4.15. The summed E-state index contributed by atoms with van der Waals surface area (Å²) < 4.78 is 5.36. The quantitative estimate of drug-likeness (QED) is 0.709. The van der Waals surface area contributed by atoms with Crippen LogP contribution in [0.5, 0.6) is 5.75 Å². The molecule has 0 aromatic heterocycles. The molecule has 0 saturated heterocycles. The number of rotatable bonds is 3. The molecular weight excluding hydrogens is 188 g/mol. The Balaban J connectivity index is 0.000000921. The smallest absolute Gasteiger partial charge is 0.159 e. The van der Waals surface area contributed by atoms with Crippen LogP contribution in [0.1, 0.15) is 43.6 Å². The highest BCUT2D eigenvalue weighted by molar-refractivity contribution is 5.94. The lowest BCUT2D eigenvalue weighted by molar-refractivity contribution is 0.101. The third-order valence-corrected chi connectivity index (χ3v) is 1.88. The van der Waals surface area contributed by atoms with Crippen molar-refractivity contribution in [3.8, 4) is 5.75 Å². The Bertz CT molecular complexity index is 316. The molecule has 0 aliphatic heterocycles. The standard InChI is InChI=1S/C11H14O2.C2H6/c1-4-13-11-6-5-10(9(3)12)7-8(11)2;1-2/h5-7H,4H2,1-3H3;1-2H3. The monoisotopic (exact) mass is 208 g/mol. The van der Waals surface area contributed by atoms with Crippen LogP contribution in [0, 0.1) is 6.92 Å². The maximum Gasteiger partial charge on any atom is 0.159 e. The minimum atomic E-state index is 0.0890. The Morgan fingerprint density at radius 1 is 1.33 bits per heavy atom. The Kier molecular flexibility index (Phi) is 6.43. The molecule has 84 valence electrons. The van der Waals surface area contributed by atoms with Gasteiger partial charge in [0.2, 0.25) is 0 Å². The maximum absolute atomic E-state index is 11.0. The summed E-state index contributed by atoms with van der Waals surface area (Å²) in [5, 5.41) is 0. The van der Waals surface area contributed by atoms with Crippen LogP contribution < -0.4 is 4.74 Å². The van der Waals surface area contributed by atoms with Gasteiger partial charge in [-0.3, -0.25) is 4.79 Å². The van der Waals surface area contributed by atoms with Gasteiger partial charge >= 0.3 is 0 Å². The van der Waals surface area contributed by atoms with E-state index >= 15 is 0 Å². The first-order chi connectivity index (χ1) is 7.15. The average Bonchev–Trinajstić information content (AvgIpc) is 2.24. The summed E-state index contributed by atoms with van der Waals surface area (Å²) in [7, 11) is 0. The molecule has 0 N–H and O–H groups in total. The van der Waals surface area contributed by atoms with E-state index in [1.54, 1.807) is 13.0 Å². The molecule has 0 radical (unpaired) electrons. The second-order valence-electron chi connectivity index (χ2n) is 2.97. The van der Waals surface area contributed by atoms with Crippen LogP contribution in [0.25, 0.3) is 0 Å². The normalized spacial score (nSPS) is 8.87. The number of Topliss-reactive ketones (excluding diaryl/α,β-unsaturated/α-hetero) is 1. The molecule has 1 aromatic rings. The Hall–Kier alpha value is -1.31. The van der Waals surface area contributed by atoms with Crippen molar-refractivity contribution in [1.29, 1.82) is 0 Å². The average molecular weight is 208 g/mol. The van der Waals surface area contributed by atoms with Crippen LogP contribution in [0.4, 0.5) is 0 Å². The highest BCUT2D eigenvalue weighted by Gasteiger charge is 2.03. The summed E-state index contributed by atoms with van der Waals surface area (Å²) in [6, 6.07) is 5.49. The highest BCUT2D eigenvalue weighted by atomic mass is 16.5. The number of ketones is 1. The van der Waals surface area contributed by atoms with Crippen molar-refractivity contribution in [1.82, 2.24) is 0 Å². The summed E-state index contributed by atoms with van der Waals surface area (Å²) in [5.74, 6) is 0.943. The fourth-order valence-corrected chi connectivity index (χ4v) is 1.19. The van der Waals surface area contributed by atoms with E-state index in [0.717, 1.165) is 16.9 Å². The van der Waals surface area contributed by atoms with Crippen LogP contribution in [0.3, 0.4) is 0 Å². The van der Waals surface area contributed by atoms with Gasteiger partial charge in [-0.15, -0.1) is 0 Å². The zero-order valence-corrected chi connectivity index (χ0v) is 10.3. The first-order valence-electron chi connectivity index (χ1n) is 5.39. The van der Waals surface area contributed by atoms with Crippen LogP contribution in [0.15, 0.2) is 18.2 Å². The number of ether oxygens (including phenoxy) is 1. The molecular formula is C13H20O2. The van der Waals surface area contributed by atoms with E-state index in [-0.39, 0.29) is 5.78 Å². The van der Waals surface area contributed by atoms with Crippen molar-refractivity contribution in [2.75, 3.05) is 6.61 Å². The fraction of sp³-hybridized carbons (Fsp3) is 0.462. The van der Waals surface area contributed by atoms with Gasteiger partial charge in [0, 0.05) is 5.56 Å². The van der Waals surface area contributed by atoms with Gasteiger partial charge in [-0.1, -0.05) is 13.8 Å². The molecule has 0 aliphatic rings. The number of carbonyl (C=O) groups is 1. The molecule has 0 fully saturated rings. The van der Waals surface area contributed by atoms with Gasteiger partial charge in [0.05, 0.1) is 6.61 Å². The van der Waals surface area contributed by atoms with Crippen molar-refractivity contribution < 1.29 is 9.53 Å². The lowest BCUT2D eigenvalue weighted by atomic mass is 10.1. The van der Waals surface area contributed by atoms with E-state index in [1.807, 2.05) is 39.8 Å². The van der Waals surface area contributed by atoms with E-state index in [1.165, 1.54) is 0 Å². The number of hydrogen-bond acceptors (Lipinski definition) is 2. The zero-order chi connectivity index (χ0) is 11.8. The number of carbonyl (C=O) groups excluding carboxylic acids is 1. The lowest BCUT2D eigenvalue weighted by Crippen LogP contribution is -1.97. The summed E-state index contributed by atoms with van der Waals surface area (Å²) >= 11 is 0. The Morgan fingerprint density at radius 2 is 1.93 bits per heavy atom. The van der Waals surface area contributed by atoms with Crippen molar-refractivity contribution in [2.24, 2.45) is 0 Å². The first-order valence-corrected chi connectivity index (χ1v) is 5.39. The second kappa shape index (κ2) is 7.04. The second-order valence-corrected chi connectivity index (χ2v) is 2.97. The molecule has 2 nitrogen and oxygen atoms in total. The van der Waals surface area contributed by atoms with Crippen molar-refractivity contribution in [2.45, 2.75) is 34.6 Å². The van der Waals surface area contributed by atoms with Crippen LogP contribution in [-0.2, 0) is 0 Å². The number of hydrogen-bond donors (Lipinski definition) is 0. The maximum atomic E-state index is 11.0. The molecule has 1 rings (SSSR count). The van der Waals surface area contributed by atoms with Crippen LogP contribution >= 0.6 is 0 Å². The van der Waals surface area contributed by atoms with E-state index in [0.29, 0.717) is 6.61 Å². The van der Waals surface area contributed by atoms with Gasteiger partial charge in [-0.2, -0.15) is 0 Å². The molecule has 0 aliphatic carbocycles. The Morgan fingerprint density at radius 3 is 2.33 bits per heavy atom. The van der Waals surface area contributed by atoms with Crippen molar-refractivity contribution >= 4 is 5.78 Å². The van der Waals surface area contributed by atoms with Crippen molar-refractivity contribution in [3.05, 3.63) is 29.3 Å². The van der Waals surface area contributed by atoms with Gasteiger partial charge in [0.15, 0.2) is 5.78 Å². The Labute approximate surface area is 92.3 Å². The minimum absolute atomic E-state index is 0.0890. The molecule has 0 spiro atoms. The third-order valence-electron chi connectivity index (χ3n) is 1.88. The first kappa shape index (κ1) is 13.7.